The molecule has 1 aliphatic heterocycles. The van der Waals surface area contributed by atoms with Gasteiger partial charge in [0, 0.05) is 17.4 Å². The Morgan fingerprint density at radius 2 is 2.04 bits per heavy atom. The lowest BCUT2D eigenvalue weighted by molar-refractivity contribution is 0.142. The third kappa shape index (κ3) is 2.54. The normalized spacial score (nSPS) is 14.6. The molecule has 0 N–H and O–H groups in total. The van der Waals surface area contributed by atoms with Crippen LogP contribution in [0.4, 0.5) is 10.1 Å². The van der Waals surface area contributed by atoms with Gasteiger partial charge in [0.25, 0.3) is 0 Å². The first-order valence-corrected chi connectivity index (χ1v) is 8.29. The summed E-state index contributed by atoms with van der Waals surface area (Å²) in [6.07, 6.45) is 3.73. The number of anilines is 1. The van der Waals surface area contributed by atoms with Crippen molar-refractivity contribution in [3.8, 4) is 0 Å². The van der Waals surface area contributed by atoms with Crippen LogP contribution in [0.25, 0.3) is 5.65 Å². The molecular formula is C17H14BrFN4O. The lowest BCUT2D eigenvalue weighted by Crippen LogP contribution is -2.38. The zero-order valence-electron chi connectivity index (χ0n) is 12.9. The molecule has 0 radical (unpaired) electrons. The monoisotopic (exact) mass is 388 g/mol. The van der Waals surface area contributed by atoms with Gasteiger partial charge in [-0.25, -0.2) is 9.37 Å². The minimum absolute atomic E-state index is 0.259. The van der Waals surface area contributed by atoms with Crippen molar-refractivity contribution < 1.29 is 9.23 Å². The maximum absolute atomic E-state index is 13.2. The molecule has 2 aromatic heterocycles. The number of aryl methyl sites for hydroxylation is 1. The van der Waals surface area contributed by atoms with Gasteiger partial charge in [0.1, 0.15) is 22.7 Å². The van der Waals surface area contributed by atoms with Crippen molar-refractivity contribution in [3.05, 3.63) is 64.3 Å². The number of benzene rings is 1. The Morgan fingerprint density at radius 3 is 2.83 bits per heavy atom. The summed E-state index contributed by atoms with van der Waals surface area (Å²) in [5.41, 5.74) is 3.70. The van der Waals surface area contributed by atoms with Gasteiger partial charge < -0.3 is 9.74 Å². The van der Waals surface area contributed by atoms with E-state index < -0.39 is 0 Å². The molecule has 1 aliphatic rings. The molecule has 0 bridgehead atoms. The number of oxime groups is 1. The van der Waals surface area contributed by atoms with Gasteiger partial charge in [-0.15, -0.1) is 0 Å². The van der Waals surface area contributed by atoms with E-state index in [2.05, 4.69) is 26.1 Å². The van der Waals surface area contributed by atoms with Gasteiger partial charge in [-0.3, -0.25) is 4.40 Å². The molecule has 0 saturated carbocycles. The Hall–Kier alpha value is -2.41. The van der Waals surface area contributed by atoms with E-state index >= 15 is 0 Å². The lowest BCUT2D eigenvalue weighted by Gasteiger charge is -2.29. The summed E-state index contributed by atoms with van der Waals surface area (Å²) in [4.78, 5) is 11.7. The van der Waals surface area contributed by atoms with Crippen LogP contribution in [-0.2, 0) is 4.84 Å². The van der Waals surface area contributed by atoms with Crippen molar-refractivity contribution >= 4 is 33.1 Å². The smallest absolute Gasteiger partial charge is 0.181 e. The number of pyridine rings is 1. The van der Waals surface area contributed by atoms with E-state index in [-0.39, 0.29) is 5.82 Å². The number of hydrogen-bond donors (Lipinski definition) is 0. The van der Waals surface area contributed by atoms with E-state index in [1.807, 2.05) is 28.5 Å². The number of halogens is 2. The van der Waals surface area contributed by atoms with Crippen LogP contribution in [0, 0.1) is 12.7 Å². The molecule has 7 heteroatoms. The highest BCUT2D eigenvalue weighted by Crippen LogP contribution is 2.23. The number of rotatable bonds is 2. The zero-order chi connectivity index (χ0) is 16.7. The quantitative estimate of drug-likeness (QED) is 0.671. The summed E-state index contributed by atoms with van der Waals surface area (Å²) in [6.45, 7) is 3.13. The zero-order valence-corrected chi connectivity index (χ0v) is 14.5. The summed E-state index contributed by atoms with van der Waals surface area (Å²) < 4.78 is 16.1. The second-order valence-electron chi connectivity index (χ2n) is 5.56. The molecule has 0 amide bonds. The van der Waals surface area contributed by atoms with Crippen LogP contribution < -0.4 is 4.90 Å². The summed E-state index contributed by atoms with van der Waals surface area (Å²) in [7, 11) is 0. The van der Waals surface area contributed by atoms with Crippen molar-refractivity contribution in [2.75, 3.05) is 18.1 Å². The highest BCUT2D eigenvalue weighted by Gasteiger charge is 2.22. The van der Waals surface area contributed by atoms with Gasteiger partial charge in [0.15, 0.2) is 5.84 Å². The molecule has 3 aromatic rings. The van der Waals surface area contributed by atoms with Crippen molar-refractivity contribution in [3.63, 3.8) is 0 Å². The second kappa shape index (κ2) is 5.90. The van der Waals surface area contributed by atoms with Crippen molar-refractivity contribution in [1.29, 1.82) is 0 Å². The molecular weight excluding hydrogens is 375 g/mol. The highest BCUT2D eigenvalue weighted by molar-refractivity contribution is 9.10. The summed E-state index contributed by atoms with van der Waals surface area (Å²) >= 11 is 3.50. The van der Waals surface area contributed by atoms with E-state index in [9.17, 15) is 4.39 Å². The number of nitrogens with zero attached hydrogens (tertiary/aromatic N) is 4. The van der Waals surface area contributed by atoms with E-state index in [1.165, 1.54) is 12.1 Å². The standard InChI is InChI=1S/C17H14BrFN4O/c1-11-8-12(10-23-15(18)9-20-16(11)23)17-21-24-7-6-22(17)14-4-2-13(19)3-5-14/h2-5,8-10H,6-7H2,1H3. The molecule has 4 rings (SSSR count). The van der Waals surface area contributed by atoms with E-state index in [0.717, 1.165) is 27.1 Å². The van der Waals surface area contributed by atoms with Crippen LogP contribution in [0.1, 0.15) is 11.1 Å². The van der Waals surface area contributed by atoms with Gasteiger partial charge in [-0.05, 0) is 58.7 Å². The molecule has 0 aliphatic carbocycles. The first kappa shape index (κ1) is 15.1. The summed E-state index contributed by atoms with van der Waals surface area (Å²) in [6, 6.07) is 8.41. The molecule has 0 spiro atoms. The maximum Gasteiger partial charge on any atom is 0.181 e. The fourth-order valence-corrected chi connectivity index (χ4v) is 3.20. The molecule has 5 nitrogen and oxygen atoms in total. The maximum atomic E-state index is 13.2. The predicted octanol–water partition coefficient (Wildman–Crippen LogP) is 3.74. The van der Waals surface area contributed by atoms with Crippen molar-refractivity contribution in [2.45, 2.75) is 6.92 Å². The first-order valence-electron chi connectivity index (χ1n) is 7.50. The predicted molar refractivity (Wildman–Crippen MR) is 93.9 cm³/mol. The number of aromatic nitrogens is 2. The fourth-order valence-electron chi connectivity index (χ4n) is 2.83. The van der Waals surface area contributed by atoms with Gasteiger partial charge in [-0.1, -0.05) is 5.16 Å². The molecule has 24 heavy (non-hydrogen) atoms. The molecule has 0 unspecified atom stereocenters. The van der Waals surface area contributed by atoms with Gasteiger partial charge >= 0.3 is 0 Å². The van der Waals surface area contributed by atoms with Gasteiger partial charge in [0.2, 0.25) is 0 Å². The molecule has 0 saturated heterocycles. The Labute approximate surface area is 146 Å². The topological polar surface area (TPSA) is 42.1 Å². The van der Waals surface area contributed by atoms with Gasteiger partial charge in [0.05, 0.1) is 12.7 Å². The summed E-state index contributed by atoms with van der Waals surface area (Å²) in [5.74, 6) is 0.434. The van der Waals surface area contributed by atoms with Crippen LogP contribution in [0.3, 0.4) is 0 Å². The minimum Gasteiger partial charge on any atom is -0.392 e. The largest absolute Gasteiger partial charge is 0.392 e. The van der Waals surface area contributed by atoms with Crippen molar-refractivity contribution in [1.82, 2.24) is 9.38 Å². The Morgan fingerprint density at radius 1 is 1.25 bits per heavy atom. The average Bonchev–Trinajstić information content (AvgIpc) is 2.97. The Bertz CT molecular complexity index is 936. The van der Waals surface area contributed by atoms with Crippen LogP contribution in [0.2, 0.25) is 0 Å². The molecule has 1 aromatic carbocycles. The van der Waals surface area contributed by atoms with E-state index in [0.29, 0.717) is 19.0 Å². The first-order chi connectivity index (χ1) is 11.6. The summed E-state index contributed by atoms with van der Waals surface area (Å²) in [5, 5.41) is 4.24. The lowest BCUT2D eigenvalue weighted by atomic mass is 10.1. The van der Waals surface area contributed by atoms with E-state index in [4.69, 9.17) is 4.84 Å². The second-order valence-corrected chi connectivity index (χ2v) is 6.37. The molecule has 122 valence electrons. The number of imidazole rings is 1. The van der Waals surface area contributed by atoms with E-state index in [1.54, 1.807) is 18.3 Å². The third-order valence-electron chi connectivity index (χ3n) is 3.95. The molecule has 0 fully saturated rings. The average molecular weight is 389 g/mol. The third-order valence-corrected chi connectivity index (χ3v) is 4.54. The van der Waals surface area contributed by atoms with Crippen LogP contribution in [0.15, 0.2) is 52.5 Å². The number of amidine groups is 1. The SMILES string of the molecule is Cc1cc(C2=NOCCN2c2ccc(F)cc2)cn2c(Br)cnc12. The van der Waals surface area contributed by atoms with Crippen LogP contribution in [-0.4, -0.2) is 28.4 Å². The Balaban J connectivity index is 1.82. The minimum atomic E-state index is -0.259. The van der Waals surface area contributed by atoms with Crippen molar-refractivity contribution in [2.24, 2.45) is 5.16 Å². The molecule has 0 atom stereocenters. The van der Waals surface area contributed by atoms with Crippen LogP contribution >= 0.6 is 15.9 Å². The van der Waals surface area contributed by atoms with Gasteiger partial charge in [-0.2, -0.15) is 0 Å². The number of fused-ring (bicyclic) bond motifs is 1. The van der Waals surface area contributed by atoms with Crippen LogP contribution in [0.5, 0.6) is 0 Å². The fraction of sp³-hybridized carbons (Fsp3) is 0.176. The Kier molecular flexibility index (Phi) is 3.72. The molecule has 3 heterocycles. The number of hydrogen-bond acceptors (Lipinski definition) is 4. The highest BCUT2D eigenvalue weighted by atomic mass is 79.9.